The van der Waals surface area contributed by atoms with Crippen molar-refractivity contribution in [1.29, 1.82) is 0 Å². The van der Waals surface area contributed by atoms with Crippen LogP contribution < -0.4 is 14.8 Å². The van der Waals surface area contributed by atoms with Crippen LogP contribution in [-0.2, 0) is 6.54 Å². The summed E-state index contributed by atoms with van der Waals surface area (Å²) >= 11 is 0. The summed E-state index contributed by atoms with van der Waals surface area (Å²) in [6, 6.07) is 8.96. The van der Waals surface area contributed by atoms with E-state index in [2.05, 4.69) is 5.32 Å². The zero-order valence-corrected chi connectivity index (χ0v) is 12.6. The van der Waals surface area contributed by atoms with E-state index in [1.807, 2.05) is 18.2 Å². The fraction of sp³-hybridized carbons (Fsp3) is 0.294. The van der Waals surface area contributed by atoms with Crippen LogP contribution in [0.3, 0.4) is 0 Å². The Hall–Kier alpha value is -2.40. The van der Waals surface area contributed by atoms with Crippen molar-refractivity contribution in [2.45, 2.75) is 12.5 Å². The highest BCUT2D eigenvalue weighted by Gasteiger charge is 2.24. The molecule has 0 saturated carbocycles. The average molecular weight is 301 g/mol. The number of rotatable bonds is 3. The van der Waals surface area contributed by atoms with E-state index < -0.39 is 0 Å². The van der Waals surface area contributed by atoms with Gasteiger partial charge in [-0.25, -0.2) is 0 Å². The molecule has 1 aliphatic heterocycles. The first kappa shape index (κ1) is 14.5. The molecule has 3 N–H and O–H groups in total. The van der Waals surface area contributed by atoms with Crippen LogP contribution in [0.1, 0.15) is 22.6 Å². The maximum absolute atomic E-state index is 10.1. The first-order chi connectivity index (χ1) is 10.6. The van der Waals surface area contributed by atoms with Gasteiger partial charge in [-0.2, -0.15) is 0 Å². The van der Waals surface area contributed by atoms with Gasteiger partial charge < -0.3 is 25.0 Å². The van der Waals surface area contributed by atoms with Gasteiger partial charge in [0.1, 0.15) is 0 Å². The molecule has 22 heavy (non-hydrogen) atoms. The molecule has 0 fully saturated rings. The topological polar surface area (TPSA) is 71.0 Å². The van der Waals surface area contributed by atoms with Gasteiger partial charge in [-0.05, 0) is 41.0 Å². The summed E-state index contributed by atoms with van der Waals surface area (Å²) in [7, 11) is 3.07. The number of hydrogen-bond acceptors (Lipinski definition) is 5. The molecule has 0 radical (unpaired) electrons. The van der Waals surface area contributed by atoms with E-state index in [0.29, 0.717) is 11.5 Å². The second kappa shape index (κ2) is 5.77. The molecule has 2 aromatic rings. The van der Waals surface area contributed by atoms with E-state index >= 15 is 0 Å². The summed E-state index contributed by atoms with van der Waals surface area (Å²) in [6.45, 7) is 1.49. The van der Waals surface area contributed by atoms with Crippen LogP contribution in [0.2, 0.25) is 0 Å². The van der Waals surface area contributed by atoms with Crippen LogP contribution in [0, 0.1) is 0 Å². The molecule has 0 unspecified atom stereocenters. The average Bonchev–Trinajstić information content (AvgIpc) is 2.54. The molecule has 0 bridgehead atoms. The van der Waals surface area contributed by atoms with Crippen molar-refractivity contribution >= 4 is 0 Å². The number of aromatic hydroxyl groups is 2. The minimum absolute atomic E-state index is 0.0788. The molecule has 5 heteroatoms. The molecule has 5 nitrogen and oxygen atoms in total. The number of nitrogens with one attached hydrogen (secondary N) is 1. The van der Waals surface area contributed by atoms with Crippen LogP contribution in [-0.4, -0.2) is 31.0 Å². The predicted molar refractivity (Wildman–Crippen MR) is 82.9 cm³/mol. The molecule has 0 aliphatic carbocycles. The van der Waals surface area contributed by atoms with Gasteiger partial charge in [0.25, 0.3) is 0 Å². The fourth-order valence-electron chi connectivity index (χ4n) is 2.94. The molecule has 1 heterocycles. The Morgan fingerprint density at radius 1 is 1.00 bits per heavy atom. The second-order valence-corrected chi connectivity index (χ2v) is 5.34. The molecule has 0 aromatic heterocycles. The van der Waals surface area contributed by atoms with Crippen molar-refractivity contribution in [1.82, 2.24) is 5.32 Å². The number of phenolic OH excluding ortho intramolecular Hbond substituents is 2. The zero-order valence-electron chi connectivity index (χ0n) is 12.6. The molecule has 1 atom stereocenters. The first-order valence-electron chi connectivity index (χ1n) is 7.11. The number of phenols is 2. The van der Waals surface area contributed by atoms with Gasteiger partial charge in [0.15, 0.2) is 23.0 Å². The van der Waals surface area contributed by atoms with E-state index in [0.717, 1.165) is 29.8 Å². The van der Waals surface area contributed by atoms with E-state index in [1.165, 1.54) is 7.11 Å². The monoisotopic (exact) mass is 301 g/mol. The fourth-order valence-corrected chi connectivity index (χ4v) is 2.94. The standard InChI is InChI=1S/C17H19NO4/c1-21-16-5-10(3-4-14(16)19)13-9-18-8-11-6-17(22-2)15(20)7-12(11)13/h3-7,13,18-20H,8-9H2,1-2H3/t13-/m0/s1. The second-order valence-electron chi connectivity index (χ2n) is 5.34. The molecule has 116 valence electrons. The number of methoxy groups -OCH3 is 2. The number of ether oxygens (including phenoxy) is 2. The predicted octanol–water partition coefficient (Wildman–Crippen LogP) is 2.35. The molecule has 0 spiro atoms. The van der Waals surface area contributed by atoms with Crippen molar-refractivity contribution in [3.63, 3.8) is 0 Å². The highest BCUT2D eigenvalue weighted by molar-refractivity contribution is 5.53. The van der Waals surface area contributed by atoms with Crippen molar-refractivity contribution < 1.29 is 19.7 Å². The summed E-state index contributed by atoms with van der Waals surface area (Å²) in [5, 5.41) is 23.2. The van der Waals surface area contributed by atoms with Gasteiger partial charge in [-0.15, -0.1) is 0 Å². The van der Waals surface area contributed by atoms with E-state index in [-0.39, 0.29) is 17.4 Å². The third-order valence-electron chi connectivity index (χ3n) is 4.09. The van der Waals surface area contributed by atoms with Gasteiger partial charge in [-0.3, -0.25) is 0 Å². The normalized spacial score (nSPS) is 16.9. The van der Waals surface area contributed by atoms with Gasteiger partial charge in [0.2, 0.25) is 0 Å². The Bertz CT molecular complexity index is 699. The Morgan fingerprint density at radius 2 is 1.73 bits per heavy atom. The Labute approximate surface area is 129 Å². The van der Waals surface area contributed by atoms with Crippen LogP contribution in [0.15, 0.2) is 30.3 Å². The Balaban J connectivity index is 2.06. The maximum Gasteiger partial charge on any atom is 0.160 e. The highest BCUT2D eigenvalue weighted by Crippen LogP contribution is 2.39. The molecular weight excluding hydrogens is 282 g/mol. The van der Waals surface area contributed by atoms with Crippen LogP contribution in [0.5, 0.6) is 23.0 Å². The first-order valence-corrected chi connectivity index (χ1v) is 7.11. The van der Waals surface area contributed by atoms with Crippen molar-refractivity contribution in [2.75, 3.05) is 20.8 Å². The van der Waals surface area contributed by atoms with Gasteiger partial charge in [0.05, 0.1) is 14.2 Å². The Kier molecular flexibility index (Phi) is 3.81. The van der Waals surface area contributed by atoms with Gasteiger partial charge in [-0.1, -0.05) is 6.07 Å². The lowest BCUT2D eigenvalue weighted by atomic mass is 9.85. The SMILES string of the molecule is COc1cc([C@@H]2CNCc3cc(OC)c(O)cc32)ccc1O. The van der Waals surface area contributed by atoms with Gasteiger partial charge >= 0.3 is 0 Å². The molecular formula is C17H19NO4. The molecule has 1 aliphatic rings. The molecule has 0 amide bonds. The summed E-state index contributed by atoms with van der Waals surface area (Å²) in [6.07, 6.45) is 0. The summed E-state index contributed by atoms with van der Waals surface area (Å²) < 4.78 is 10.4. The Morgan fingerprint density at radius 3 is 2.45 bits per heavy atom. The van der Waals surface area contributed by atoms with Crippen LogP contribution in [0.25, 0.3) is 0 Å². The van der Waals surface area contributed by atoms with Crippen molar-refractivity contribution in [2.24, 2.45) is 0 Å². The molecule has 2 aromatic carbocycles. The van der Waals surface area contributed by atoms with E-state index in [4.69, 9.17) is 9.47 Å². The third-order valence-corrected chi connectivity index (χ3v) is 4.09. The summed E-state index contributed by atoms with van der Waals surface area (Å²) in [5.41, 5.74) is 3.18. The van der Waals surface area contributed by atoms with Crippen molar-refractivity contribution in [3.05, 3.63) is 47.0 Å². The number of hydrogen-bond donors (Lipinski definition) is 3. The maximum atomic E-state index is 10.1. The molecule has 0 saturated heterocycles. The van der Waals surface area contributed by atoms with Crippen LogP contribution in [0.4, 0.5) is 0 Å². The van der Waals surface area contributed by atoms with Gasteiger partial charge in [0, 0.05) is 19.0 Å². The smallest absolute Gasteiger partial charge is 0.160 e. The third kappa shape index (κ3) is 2.44. The largest absolute Gasteiger partial charge is 0.504 e. The quantitative estimate of drug-likeness (QED) is 0.812. The van der Waals surface area contributed by atoms with Crippen LogP contribution >= 0.6 is 0 Å². The zero-order chi connectivity index (χ0) is 15.7. The minimum atomic E-state index is 0.0788. The number of fused-ring (bicyclic) bond motifs is 1. The van der Waals surface area contributed by atoms with E-state index in [9.17, 15) is 10.2 Å². The summed E-state index contributed by atoms with van der Waals surface area (Å²) in [5.74, 6) is 1.26. The van der Waals surface area contributed by atoms with Crippen molar-refractivity contribution in [3.8, 4) is 23.0 Å². The lowest BCUT2D eigenvalue weighted by molar-refractivity contribution is 0.370. The number of benzene rings is 2. The summed E-state index contributed by atoms with van der Waals surface area (Å²) in [4.78, 5) is 0. The minimum Gasteiger partial charge on any atom is -0.504 e. The van der Waals surface area contributed by atoms with E-state index in [1.54, 1.807) is 19.2 Å². The highest BCUT2D eigenvalue weighted by atomic mass is 16.5. The lowest BCUT2D eigenvalue weighted by Crippen LogP contribution is -2.28. The molecule has 3 rings (SSSR count). The lowest BCUT2D eigenvalue weighted by Gasteiger charge is -2.28.